The van der Waals surface area contributed by atoms with Gasteiger partial charge in [-0.25, -0.2) is 0 Å². The molecule has 7 saturated heterocycles. The molecular weight excluding hydrogens is 1430 g/mol. The zero-order valence-corrected chi connectivity index (χ0v) is 75.6. The molecule has 7 aliphatic heterocycles. The fourth-order valence-corrected chi connectivity index (χ4v) is 95.7. The van der Waals surface area contributed by atoms with Crippen molar-refractivity contribution in [3.8, 4) is 0 Å². The minimum Gasteiger partial charge on any atom is -0.395 e. The Morgan fingerprint density at radius 1 is 0.300 bits per heavy atom. The van der Waals surface area contributed by atoms with Gasteiger partial charge in [-0.15, -0.1) is 0 Å². The van der Waals surface area contributed by atoms with Crippen LogP contribution in [-0.4, -0.2) is 151 Å². The van der Waals surface area contributed by atoms with Crippen LogP contribution in [0.15, 0.2) is 0 Å². The van der Waals surface area contributed by atoms with E-state index in [1.54, 1.807) is 0 Å². The van der Waals surface area contributed by atoms with Crippen LogP contribution in [-0.2, 0) is 96.6 Å². The second-order valence-electron chi connectivity index (χ2n) is 26.1. The number of cyclic esters (lactones) is 2. The summed E-state index contributed by atoms with van der Waals surface area (Å²) in [7, 11) is -68.2. The van der Waals surface area contributed by atoms with E-state index in [0.29, 0.717) is 146 Å². The van der Waals surface area contributed by atoms with Gasteiger partial charge in [0.1, 0.15) is 0 Å². The van der Waals surface area contributed by atoms with Crippen molar-refractivity contribution in [2.45, 2.75) is 311 Å². The summed E-state index contributed by atoms with van der Waals surface area (Å²) in [5, 5.41) is 0. The van der Waals surface area contributed by atoms with Gasteiger partial charge in [0, 0.05) is 0 Å². The SMILES string of the molecule is CC[Si](CC)(CC)O[Si]12O[Si]3(O[Si](C)(C)CCCC4CC(=O)OC4=O)O[Si]4(O[Si](CC)(CC)CC)O[Si](O[Si](CC)(CC)CC)(O1)O[Si]1(O[Si](CC)(CC)CC)O[Si](O[Si](CC)(CC)CC)(O2)O[Si](O[Si](CC)(CC)CC)(O3)O[Si](O[Si](CC)(CC)CC)(O4)O1. The lowest BCUT2D eigenvalue weighted by molar-refractivity contribution is -0.153. The quantitative estimate of drug-likeness (QED) is 0.0315. The molecule has 90 heavy (non-hydrogen) atoms. The Hall–Kier alpha value is 1.81. The molecule has 1 atom stereocenters. The highest BCUT2D eigenvalue weighted by Crippen LogP contribution is 2.56. The summed E-state index contributed by atoms with van der Waals surface area (Å²) in [6.07, 6.45) is 0.852. The average Bonchev–Trinajstić information content (AvgIpc) is 0.719. The first kappa shape index (κ1) is 80.8. The van der Waals surface area contributed by atoms with Crippen molar-refractivity contribution in [3.63, 3.8) is 0 Å². The van der Waals surface area contributed by atoms with Crippen LogP contribution in [0.4, 0.5) is 0 Å². The third-order valence-corrected chi connectivity index (χ3v) is 96.6. The number of esters is 2. The van der Waals surface area contributed by atoms with E-state index in [9.17, 15) is 9.59 Å². The molecule has 0 aliphatic carbocycles. The molecule has 7 heterocycles. The van der Waals surface area contributed by atoms with Gasteiger partial charge in [-0.1, -0.05) is 152 Å². The highest BCUT2D eigenvalue weighted by Gasteiger charge is 2.93. The Balaban J connectivity index is 1.98. The maximum atomic E-state index is 13.0. The van der Waals surface area contributed by atoms with Crippen LogP contribution < -0.4 is 0 Å². The summed E-state index contributed by atoms with van der Waals surface area (Å²) >= 11 is 0. The predicted molar refractivity (Wildman–Crippen MR) is 379 cm³/mol. The number of ether oxygens (including phenoxy) is 1. The van der Waals surface area contributed by atoms with Crippen LogP contribution >= 0.6 is 0 Å². The fraction of sp³-hybridized carbons (Fsp3) is 0.961. The Morgan fingerprint density at radius 3 is 0.611 bits per heavy atom. The van der Waals surface area contributed by atoms with Gasteiger partial charge in [0.15, 0.2) is 66.5 Å². The van der Waals surface area contributed by atoms with Gasteiger partial charge in [0.25, 0.3) is 0 Å². The Morgan fingerprint density at radius 2 is 0.467 bits per heavy atom. The maximum Gasteiger partial charge on any atom is 0.651 e. The molecule has 7 fully saturated rings. The van der Waals surface area contributed by atoms with E-state index in [1.165, 1.54) is 0 Å². The first-order valence-electron chi connectivity index (χ1n) is 35.1. The average molecular weight is 1550 g/mol. The standard InChI is InChI=1S/C51H120O23Si16/c1-24-76(25-2,26-3)56-84-63-83(55-75(22,23)47-45-46-49-48-50(52)54-51(49)53)64-85(57-77(27-4,28-5)29-6)68-87(66-84,59-79(33-10,34-11)35-12)72-90(62-82(42-19,43-20)44-21)73-88(67-84,60-80(36-13,37-14)38-15)69-86(65-83,58-78(30-7,31-8)32-9)71-89(70-85,74-90)61-81(39-16,40-17)41-18/h49H,24-48H2,1-23H3. The topological polar surface area (TPSA) is 228 Å². The van der Waals surface area contributed by atoms with Crippen molar-refractivity contribution in [1.82, 2.24) is 0 Å². The number of carbonyl (C=O) groups is 2. The third-order valence-electron chi connectivity index (χ3n) is 21.6. The van der Waals surface area contributed by atoms with Gasteiger partial charge in [-0.2, -0.15) is 0 Å². The highest BCUT2D eigenvalue weighted by molar-refractivity contribution is 7.05. The molecule has 7 rings (SSSR count). The summed E-state index contributed by atoms with van der Waals surface area (Å²) in [6, 6.07) is 13.3. The van der Waals surface area contributed by atoms with Gasteiger partial charge >= 0.3 is 84.3 Å². The van der Waals surface area contributed by atoms with Crippen LogP contribution in [0.5, 0.6) is 0 Å². The molecule has 0 aromatic carbocycles. The predicted octanol–water partition coefficient (Wildman–Crippen LogP) is 15.0. The maximum absolute atomic E-state index is 13.0. The van der Waals surface area contributed by atoms with E-state index < -0.39 is 157 Å². The Bertz CT molecular complexity index is 2090. The number of rotatable bonds is 41. The molecule has 7 aliphatic rings. The molecule has 39 heteroatoms. The number of hydrogen-bond acceptors (Lipinski definition) is 23. The first-order valence-corrected chi connectivity index (χ1v) is 69.0. The summed E-state index contributed by atoms with van der Waals surface area (Å²) < 4.78 is 168. The van der Waals surface area contributed by atoms with Crippen molar-refractivity contribution in [3.05, 3.63) is 0 Å². The Kier molecular flexibility index (Phi) is 28.2. The van der Waals surface area contributed by atoms with Crippen molar-refractivity contribution < 1.29 is 96.6 Å². The molecule has 0 amide bonds. The molecule has 8 bridgehead atoms. The molecule has 526 valence electrons. The summed E-state index contributed by atoms with van der Waals surface area (Å²) in [5.74, 6) is -1.65. The lowest BCUT2D eigenvalue weighted by Gasteiger charge is -2.62. The van der Waals surface area contributed by atoms with Crippen molar-refractivity contribution in [2.75, 3.05) is 0 Å². The van der Waals surface area contributed by atoms with E-state index in [-0.39, 0.29) is 6.42 Å². The third kappa shape index (κ3) is 17.1. The van der Waals surface area contributed by atoms with E-state index >= 15 is 0 Å². The van der Waals surface area contributed by atoms with Crippen molar-refractivity contribution in [1.29, 1.82) is 0 Å². The zero-order valence-electron chi connectivity index (χ0n) is 59.6. The summed E-state index contributed by atoms with van der Waals surface area (Å²) in [6.45, 7) is 48.8. The summed E-state index contributed by atoms with van der Waals surface area (Å²) in [5.41, 5.74) is 0. The van der Waals surface area contributed by atoms with Gasteiger partial charge < -0.3 is 87.0 Å². The molecule has 0 radical (unpaired) electrons. The molecule has 0 spiro atoms. The van der Waals surface area contributed by atoms with Gasteiger partial charge in [0.05, 0.1) is 12.3 Å². The Labute approximate surface area is 560 Å². The van der Waals surface area contributed by atoms with Crippen LogP contribution in [0.25, 0.3) is 0 Å². The molecule has 0 aromatic rings. The van der Waals surface area contributed by atoms with E-state index in [1.807, 2.05) is 13.1 Å². The van der Waals surface area contributed by atoms with E-state index in [0.717, 1.165) is 0 Å². The van der Waals surface area contributed by atoms with E-state index in [2.05, 4.69) is 145 Å². The number of carbonyl (C=O) groups excluding carboxylic acids is 2. The van der Waals surface area contributed by atoms with Gasteiger partial charge in [-0.05, 0) is 152 Å². The van der Waals surface area contributed by atoms with Crippen LogP contribution in [0, 0.1) is 5.92 Å². The minimum absolute atomic E-state index is 0.00756. The monoisotopic (exact) mass is 1550 g/mol. The smallest absolute Gasteiger partial charge is 0.395 e. The molecule has 0 N–H and O–H groups in total. The molecule has 1 unspecified atom stereocenters. The van der Waals surface area contributed by atoms with Crippen LogP contribution in [0.1, 0.15) is 165 Å². The molecule has 23 nitrogen and oxygen atoms in total. The van der Waals surface area contributed by atoms with E-state index in [4.69, 9.17) is 87.0 Å². The fourth-order valence-electron chi connectivity index (χ4n) is 13.4. The van der Waals surface area contributed by atoms with Gasteiger partial charge in [0.2, 0.25) is 0 Å². The number of hydrogen-bond donors (Lipinski definition) is 0. The van der Waals surface area contributed by atoms with Crippen LogP contribution in [0.3, 0.4) is 0 Å². The van der Waals surface area contributed by atoms with Crippen LogP contribution in [0.2, 0.25) is 146 Å². The molecular formula is C51H120O23Si16. The minimum atomic E-state index is -5.45. The zero-order chi connectivity index (χ0) is 67.3. The largest absolute Gasteiger partial charge is 0.651 e. The van der Waals surface area contributed by atoms with Gasteiger partial charge in [-0.3, -0.25) is 9.59 Å². The first-order chi connectivity index (χ1) is 42.3. The molecule has 0 saturated carbocycles. The normalized spacial score (nSPS) is 32.1. The second-order valence-corrected chi connectivity index (χ2v) is 85.9. The van der Waals surface area contributed by atoms with Crippen molar-refractivity contribution >= 4 is 151 Å². The molecule has 0 aromatic heterocycles. The summed E-state index contributed by atoms with van der Waals surface area (Å²) in [4.78, 5) is 25.5. The van der Waals surface area contributed by atoms with Crippen molar-refractivity contribution in [2.24, 2.45) is 5.92 Å². The highest BCUT2D eigenvalue weighted by atomic mass is 28.7. The lowest BCUT2D eigenvalue weighted by atomic mass is 10.0. The second kappa shape index (κ2) is 31.4. The lowest BCUT2D eigenvalue weighted by Crippen LogP contribution is -2.93.